The Morgan fingerprint density at radius 2 is 1.79 bits per heavy atom. The highest BCUT2D eigenvalue weighted by molar-refractivity contribution is 9.10. The third kappa shape index (κ3) is 3.47. The van der Waals surface area contributed by atoms with Crippen LogP contribution in [-0.2, 0) is 0 Å². The van der Waals surface area contributed by atoms with Crippen molar-refractivity contribution in [3.05, 3.63) is 74.2 Å². The summed E-state index contributed by atoms with van der Waals surface area (Å²) in [6.45, 7) is 0. The summed E-state index contributed by atoms with van der Waals surface area (Å²) in [6, 6.07) is 12.6. The van der Waals surface area contributed by atoms with E-state index in [-0.39, 0.29) is 5.78 Å². The summed E-state index contributed by atoms with van der Waals surface area (Å²) < 4.78 is 0.766. The number of carbonyl (C=O) groups excluding carboxylic acids is 1. The zero-order chi connectivity index (χ0) is 13.8. The summed E-state index contributed by atoms with van der Waals surface area (Å²) in [5.41, 5.74) is 1.33. The first-order chi connectivity index (χ1) is 9.09. The van der Waals surface area contributed by atoms with Crippen LogP contribution in [-0.4, -0.2) is 5.78 Å². The summed E-state index contributed by atoms with van der Waals surface area (Å²) in [5, 5.41) is 0.914. The van der Waals surface area contributed by atoms with Crippen molar-refractivity contribution < 1.29 is 4.79 Å². The number of carbonyl (C=O) groups is 1. The Hall–Kier alpha value is -1.09. The lowest BCUT2D eigenvalue weighted by Crippen LogP contribution is -1.95. The zero-order valence-corrected chi connectivity index (χ0v) is 12.8. The van der Waals surface area contributed by atoms with Gasteiger partial charge in [0.2, 0.25) is 0 Å². The lowest BCUT2D eigenvalue weighted by Gasteiger charge is -2.01. The van der Waals surface area contributed by atoms with Crippen molar-refractivity contribution in [1.29, 1.82) is 0 Å². The number of benzene rings is 2. The minimum Gasteiger partial charge on any atom is -0.289 e. The van der Waals surface area contributed by atoms with E-state index in [1.807, 2.05) is 18.2 Å². The number of rotatable bonds is 3. The van der Waals surface area contributed by atoms with Crippen LogP contribution in [0.15, 0.2) is 53.0 Å². The molecule has 0 aromatic heterocycles. The molecule has 19 heavy (non-hydrogen) atoms. The molecule has 2 aromatic rings. The highest BCUT2D eigenvalue weighted by atomic mass is 79.9. The highest BCUT2D eigenvalue weighted by Gasteiger charge is 2.06. The molecule has 0 radical (unpaired) electrons. The van der Waals surface area contributed by atoms with Crippen LogP contribution in [0.5, 0.6) is 0 Å². The molecule has 0 fully saturated rings. The van der Waals surface area contributed by atoms with Gasteiger partial charge in [-0.05, 0) is 35.9 Å². The fraction of sp³-hybridized carbons (Fsp3) is 0. The SMILES string of the molecule is O=C(C=Cc1cccc(Cl)c1Cl)c1ccccc1Br. The van der Waals surface area contributed by atoms with E-state index in [1.165, 1.54) is 6.08 Å². The molecular weight excluding hydrogens is 347 g/mol. The van der Waals surface area contributed by atoms with Gasteiger partial charge in [-0.2, -0.15) is 0 Å². The molecular formula is C15H9BrCl2O. The van der Waals surface area contributed by atoms with Crippen LogP contribution >= 0.6 is 39.1 Å². The van der Waals surface area contributed by atoms with Gasteiger partial charge in [-0.3, -0.25) is 4.79 Å². The van der Waals surface area contributed by atoms with Gasteiger partial charge in [-0.1, -0.05) is 63.4 Å². The summed E-state index contributed by atoms with van der Waals surface area (Å²) in [4.78, 5) is 12.0. The lowest BCUT2D eigenvalue weighted by atomic mass is 10.1. The van der Waals surface area contributed by atoms with Crippen LogP contribution in [0.2, 0.25) is 10.0 Å². The number of hydrogen-bond donors (Lipinski definition) is 0. The predicted octanol–water partition coefficient (Wildman–Crippen LogP) is 5.65. The molecule has 0 aliphatic carbocycles. The van der Waals surface area contributed by atoms with Crippen molar-refractivity contribution in [1.82, 2.24) is 0 Å². The molecule has 0 spiro atoms. The van der Waals surface area contributed by atoms with Crippen molar-refractivity contribution in [2.24, 2.45) is 0 Å². The van der Waals surface area contributed by atoms with E-state index in [2.05, 4.69) is 15.9 Å². The minimum absolute atomic E-state index is 0.0940. The van der Waals surface area contributed by atoms with Gasteiger partial charge in [0, 0.05) is 10.0 Å². The van der Waals surface area contributed by atoms with Crippen LogP contribution in [0.3, 0.4) is 0 Å². The first-order valence-corrected chi connectivity index (χ1v) is 7.05. The third-order valence-corrected chi connectivity index (χ3v) is 4.06. The average molecular weight is 356 g/mol. The van der Waals surface area contributed by atoms with E-state index in [0.717, 1.165) is 10.0 Å². The molecule has 0 unspecified atom stereocenters. The number of hydrogen-bond acceptors (Lipinski definition) is 1. The number of halogens is 3. The van der Waals surface area contributed by atoms with Gasteiger partial charge in [-0.15, -0.1) is 0 Å². The molecule has 1 nitrogen and oxygen atoms in total. The number of allylic oxidation sites excluding steroid dienone is 1. The maximum absolute atomic E-state index is 12.0. The third-order valence-electron chi connectivity index (χ3n) is 2.54. The standard InChI is InChI=1S/C15H9BrCl2O/c16-12-6-2-1-5-11(12)14(19)9-8-10-4-3-7-13(17)15(10)18/h1-9H. The monoisotopic (exact) mass is 354 g/mol. The second kappa shape index (κ2) is 6.38. The van der Waals surface area contributed by atoms with Crippen molar-refractivity contribution in [3.63, 3.8) is 0 Å². The topological polar surface area (TPSA) is 17.1 Å². The van der Waals surface area contributed by atoms with E-state index >= 15 is 0 Å². The molecule has 0 heterocycles. The second-order valence-electron chi connectivity index (χ2n) is 3.82. The van der Waals surface area contributed by atoms with Gasteiger partial charge in [-0.25, -0.2) is 0 Å². The van der Waals surface area contributed by atoms with Crippen LogP contribution in [0.1, 0.15) is 15.9 Å². The fourth-order valence-corrected chi connectivity index (χ4v) is 2.42. The van der Waals surface area contributed by atoms with E-state index < -0.39 is 0 Å². The highest BCUT2D eigenvalue weighted by Crippen LogP contribution is 2.26. The molecule has 2 aromatic carbocycles. The Bertz CT molecular complexity index is 650. The maximum atomic E-state index is 12.0. The second-order valence-corrected chi connectivity index (χ2v) is 5.46. The quantitative estimate of drug-likeness (QED) is 0.513. The van der Waals surface area contributed by atoms with Crippen LogP contribution in [0.25, 0.3) is 6.08 Å². The Balaban J connectivity index is 2.26. The average Bonchev–Trinajstić information content (AvgIpc) is 2.40. The van der Waals surface area contributed by atoms with E-state index in [9.17, 15) is 4.79 Å². The van der Waals surface area contributed by atoms with Gasteiger partial charge in [0.05, 0.1) is 10.0 Å². The predicted molar refractivity (Wildman–Crippen MR) is 84.0 cm³/mol. The summed E-state index contributed by atoms with van der Waals surface area (Å²) in [6.07, 6.45) is 3.15. The molecule has 4 heteroatoms. The first-order valence-electron chi connectivity index (χ1n) is 5.50. The molecule has 0 aliphatic heterocycles. The van der Waals surface area contributed by atoms with Crippen LogP contribution in [0.4, 0.5) is 0 Å². The molecule has 0 amide bonds. The largest absolute Gasteiger partial charge is 0.289 e. The van der Waals surface area contributed by atoms with Crippen LogP contribution < -0.4 is 0 Å². The van der Waals surface area contributed by atoms with E-state index in [0.29, 0.717) is 15.6 Å². The maximum Gasteiger partial charge on any atom is 0.186 e. The number of ketones is 1. The molecule has 0 aliphatic rings. The lowest BCUT2D eigenvalue weighted by molar-refractivity contribution is 0.104. The molecule has 0 saturated carbocycles. The molecule has 96 valence electrons. The summed E-state index contributed by atoms with van der Waals surface area (Å²) >= 11 is 15.3. The zero-order valence-electron chi connectivity index (χ0n) is 9.74. The van der Waals surface area contributed by atoms with Crippen molar-refractivity contribution in [2.45, 2.75) is 0 Å². The van der Waals surface area contributed by atoms with Crippen molar-refractivity contribution >= 4 is 51.0 Å². The molecule has 0 saturated heterocycles. The molecule has 2 rings (SSSR count). The van der Waals surface area contributed by atoms with E-state index in [1.54, 1.807) is 30.3 Å². The normalized spacial score (nSPS) is 10.9. The van der Waals surface area contributed by atoms with Crippen molar-refractivity contribution in [3.8, 4) is 0 Å². The van der Waals surface area contributed by atoms with Gasteiger partial charge < -0.3 is 0 Å². The van der Waals surface area contributed by atoms with Gasteiger partial charge in [0.25, 0.3) is 0 Å². The van der Waals surface area contributed by atoms with Crippen molar-refractivity contribution in [2.75, 3.05) is 0 Å². The molecule has 0 bridgehead atoms. The minimum atomic E-state index is -0.0940. The Morgan fingerprint density at radius 1 is 1.05 bits per heavy atom. The Kier molecular flexibility index (Phi) is 4.81. The van der Waals surface area contributed by atoms with Crippen LogP contribution in [0, 0.1) is 0 Å². The van der Waals surface area contributed by atoms with E-state index in [4.69, 9.17) is 23.2 Å². The molecule has 0 N–H and O–H groups in total. The van der Waals surface area contributed by atoms with Gasteiger partial charge in [0.1, 0.15) is 0 Å². The Morgan fingerprint density at radius 3 is 2.53 bits per heavy atom. The summed E-state index contributed by atoms with van der Waals surface area (Å²) in [7, 11) is 0. The van der Waals surface area contributed by atoms with Gasteiger partial charge in [0.15, 0.2) is 5.78 Å². The van der Waals surface area contributed by atoms with Gasteiger partial charge >= 0.3 is 0 Å². The summed E-state index contributed by atoms with van der Waals surface area (Å²) in [5.74, 6) is -0.0940. The fourth-order valence-electron chi connectivity index (χ4n) is 1.57. The Labute approximate surface area is 130 Å². The smallest absolute Gasteiger partial charge is 0.186 e. The first kappa shape index (κ1) is 14.3. The molecule has 0 atom stereocenters.